The predicted molar refractivity (Wildman–Crippen MR) is 74.8 cm³/mol. The van der Waals surface area contributed by atoms with E-state index in [1.54, 1.807) is 0 Å². The zero-order valence-corrected chi connectivity index (χ0v) is 12.2. The first kappa shape index (κ1) is 15.9. The maximum Gasteiger partial charge on any atom is 0.0558 e. The van der Waals surface area contributed by atoms with E-state index in [1.165, 1.54) is 6.42 Å². The fraction of sp³-hybridized carbons (Fsp3) is 1.00. The lowest BCUT2D eigenvalue weighted by molar-refractivity contribution is -0.0327. The van der Waals surface area contributed by atoms with E-state index in [2.05, 4.69) is 31.0 Å². The lowest BCUT2D eigenvalue weighted by Gasteiger charge is -2.42. The van der Waals surface area contributed by atoms with Crippen LogP contribution in [0.2, 0.25) is 0 Å². The number of aliphatic hydroxyl groups is 1. The highest BCUT2D eigenvalue weighted by Gasteiger charge is 2.34. The first-order valence-corrected chi connectivity index (χ1v) is 7.27. The van der Waals surface area contributed by atoms with Gasteiger partial charge in [0.1, 0.15) is 0 Å². The van der Waals surface area contributed by atoms with Crippen molar-refractivity contribution in [3.63, 3.8) is 0 Å². The summed E-state index contributed by atoms with van der Waals surface area (Å²) in [6.45, 7) is 12.3. The van der Waals surface area contributed by atoms with Crippen LogP contribution < -0.4 is 5.32 Å². The molecule has 4 nitrogen and oxygen atoms in total. The molecule has 1 heterocycles. The molecular weight excluding hydrogens is 228 g/mol. The Morgan fingerprint density at radius 2 is 2.22 bits per heavy atom. The molecule has 0 spiro atoms. The first-order chi connectivity index (χ1) is 8.63. The molecule has 1 saturated heterocycles. The number of nitrogens with one attached hydrogen (secondary N) is 1. The van der Waals surface area contributed by atoms with Crippen LogP contribution in [-0.2, 0) is 4.74 Å². The van der Waals surface area contributed by atoms with E-state index in [0.29, 0.717) is 6.04 Å². The average molecular weight is 258 g/mol. The molecule has 0 aromatic heterocycles. The van der Waals surface area contributed by atoms with Gasteiger partial charge in [-0.1, -0.05) is 6.92 Å². The highest BCUT2D eigenvalue weighted by molar-refractivity contribution is 4.88. The second kappa shape index (κ2) is 8.10. The maximum absolute atomic E-state index is 9.19. The predicted octanol–water partition coefficient (Wildman–Crippen LogP) is 1.10. The Morgan fingerprint density at radius 1 is 1.44 bits per heavy atom. The molecule has 4 heteroatoms. The molecule has 1 unspecified atom stereocenters. The monoisotopic (exact) mass is 258 g/mol. The van der Waals surface area contributed by atoms with Crippen LogP contribution in [0.3, 0.4) is 0 Å². The van der Waals surface area contributed by atoms with Crippen molar-refractivity contribution in [2.45, 2.75) is 39.7 Å². The molecule has 1 fully saturated rings. The number of aliphatic hydroxyl groups excluding tert-OH is 1. The number of hydrogen-bond donors (Lipinski definition) is 2. The van der Waals surface area contributed by atoms with Crippen molar-refractivity contribution in [3.8, 4) is 0 Å². The molecule has 0 bridgehead atoms. The van der Waals surface area contributed by atoms with Gasteiger partial charge in [-0.3, -0.25) is 4.90 Å². The third-order valence-corrected chi connectivity index (χ3v) is 3.81. The second-order valence-electron chi connectivity index (χ2n) is 5.72. The van der Waals surface area contributed by atoms with Gasteiger partial charge in [-0.15, -0.1) is 0 Å². The second-order valence-corrected chi connectivity index (χ2v) is 5.72. The fourth-order valence-electron chi connectivity index (χ4n) is 2.70. The van der Waals surface area contributed by atoms with Crippen LogP contribution in [0.15, 0.2) is 0 Å². The maximum atomic E-state index is 9.19. The third kappa shape index (κ3) is 4.84. The van der Waals surface area contributed by atoms with E-state index in [-0.39, 0.29) is 12.0 Å². The summed E-state index contributed by atoms with van der Waals surface area (Å²) in [7, 11) is 0. The molecule has 18 heavy (non-hydrogen) atoms. The summed E-state index contributed by atoms with van der Waals surface area (Å²) in [6, 6.07) is 0.470. The smallest absolute Gasteiger partial charge is 0.0558 e. The van der Waals surface area contributed by atoms with Gasteiger partial charge < -0.3 is 15.2 Å². The summed E-state index contributed by atoms with van der Waals surface area (Å²) >= 11 is 0. The molecule has 0 aliphatic carbocycles. The topological polar surface area (TPSA) is 44.7 Å². The molecule has 0 amide bonds. The van der Waals surface area contributed by atoms with Crippen LogP contribution in [0.25, 0.3) is 0 Å². The zero-order valence-electron chi connectivity index (χ0n) is 12.2. The molecule has 0 aromatic carbocycles. The largest absolute Gasteiger partial charge is 0.395 e. The fourth-order valence-corrected chi connectivity index (χ4v) is 2.70. The van der Waals surface area contributed by atoms with E-state index in [4.69, 9.17) is 4.74 Å². The summed E-state index contributed by atoms with van der Waals surface area (Å²) in [5, 5.41) is 12.7. The van der Waals surface area contributed by atoms with Gasteiger partial charge in [-0.2, -0.15) is 0 Å². The molecular formula is C14H30N2O2. The summed E-state index contributed by atoms with van der Waals surface area (Å²) in [6.07, 6.45) is 2.37. The standard InChI is InChI=1S/C14H30N2O2/c1-4-15-10-14(6-5-9-18-12-14)11-16(7-8-17)13(2)3/h13,15,17H,4-12H2,1-3H3. The van der Waals surface area contributed by atoms with E-state index in [0.717, 1.165) is 45.8 Å². The first-order valence-electron chi connectivity index (χ1n) is 7.27. The van der Waals surface area contributed by atoms with E-state index in [9.17, 15) is 5.11 Å². The summed E-state index contributed by atoms with van der Waals surface area (Å²) in [5.41, 5.74) is 0.216. The van der Waals surface area contributed by atoms with Crippen LogP contribution in [0.4, 0.5) is 0 Å². The van der Waals surface area contributed by atoms with Gasteiger partial charge in [0, 0.05) is 37.7 Å². The zero-order chi connectivity index (χ0) is 13.4. The van der Waals surface area contributed by atoms with Crippen LogP contribution in [0.1, 0.15) is 33.6 Å². The molecule has 1 aliphatic heterocycles. The van der Waals surface area contributed by atoms with Gasteiger partial charge in [0.2, 0.25) is 0 Å². The van der Waals surface area contributed by atoms with Crippen molar-refractivity contribution in [2.75, 3.05) is 46.0 Å². The SMILES string of the molecule is CCNCC1(CN(CCO)C(C)C)CCCOC1. The number of ether oxygens (including phenoxy) is 1. The third-order valence-electron chi connectivity index (χ3n) is 3.81. The minimum Gasteiger partial charge on any atom is -0.395 e. The Morgan fingerprint density at radius 3 is 2.72 bits per heavy atom. The van der Waals surface area contributed by atoms with Crippen molar-refractivity contribution >= 4 is 0 Å². The van der Waals surface area contributed by atoms with Gasteiger partial charge in [0.15, 0.2) is 0 Å². The van der Waals surface area contributed by atoms with E-state index >= 15 is 0 Å². The lowest BCUT2D eigenvalue weighted by atomic mass is 9.81. The summed E-state index contributed by atoms with van der Waals surface area (Å²) in [4.78, 5) is 2.37. The van der Waals surface area contributed by atoms with Gasteiger partial charge in [0.05, 0.1) is 13.2 Å². The normalized spacial score (nSPS) is 25.0. The molecule has 0 radical (unpaired) electrons. The number of hydrogen-bond acceptors (Lipinski definition) is 4. The molecule has 1 aliphatic rings. The van der Waals surface area contributed by atoms with Crippen molar-refractivity contribution in [3.05, 3.63) is 0 Å². The van der Waals surface area contributed by atoms with Gasteiger partial charge in [0.25, 0.3) is 0 Å². The molecule has 2 N–H and O–H groups in total. The Bertz CT molecular complexity index is 216. The number of nitrogens with zero attached hydrogens (tertiary/aromatic N) is 1. The highest BCUT2D eigenvalue weighted by atomic mass is 16.5. The Hall–Kier alpha value is -0.160. The van der Waals surface area contributed by atoms with Gasteiger partial charge in [-0.25, -0.2) is 0 Å². The van der Waals surface area contributed by atoms with Crippen LogP contribution >= 0.6 is 0 Å². The minimum atomic E-state index is 0.216. The quantitative estimate of drug-likeness (QED) is 0.684. The van der Waals surface area contributed by atoms with Gasteiger partial charge in [-0.05, 0) is 33.2 Å². The van der Waals surface area contributed by atoms with Crippen LogP contribution in [-0.4, -0.2) is 62.0 Å². The molecule has 1 atom stereocenters. The summed E-state index contributed by atoms with van der Waals surface area (Å²) in [5.74, 6) is 0. The number of rotatable bonds is 8. The Balaban J connectivity index is 2.62. The highest BCUT2D eigenvalue weighted by Crippen LogP contribution is 2.29. The molecule has 0 aromatic rings. The van der Waals surface area contributed by atoms with Crippen molar-refractivity contribution in [1.82, 2.24) is 10.2 Å². The lowest BCUT2D eigenvalue weighted by Crippen LogP contribution is -2.51. The molecule has 108 valence electrons. The Kier molecular flexibility index (Phi) is 7.15. The average Bonchev–Trinajstić information content (AvgIpc) is 2.37. The minimum absolute atomic E-state index is 0.216. The van der Waals surface area contributed by atoms with Crippen molar-refractivity contribution in [2.24, 2.45) is 5.41 Å². The molecule has 0 saturated carbocycles. The van der Waals surface area contributed by atoms with Crippen LogP contribution in [0.5, 0.6) is 0 Å². The van der Waals surface area contributed by atoms with Gasteiger partial charge >= 0.3 is 0 Å². The molecule has 1 rings (SSSR count). The Labute approximate surface area is 112 Å². The van der Waals surface area contributed by atoms with E-state index in [1.807, 2.05) is 0 Å². The van der Waals surface area contributed by atoms with E-state index < -0.39 is 0 Å². The van der Waals surface area contributed by atoms with Crippen LogP contribution in [0, 0.1) is 5.41 Å². The summed E-state index contributed by atoms with van der Waals surface area (Å²) < 4.78 is 5.71. The van der Waals surface area contributed by atoms with Crippen molar-refractivity contribution < 1.29 is 9.84 Å². The van der Waals surface area contributed by atoms with Crippen molar-refractivity contribution in [1.29, 1.82) is 0 Å².